The van der Waals surface area contributed by atoms with Crippen molar-refractivity contribution in [3.8, 4) is 11.6 Å². The van der Waals surface area contributed by atoms with Crippen molar-refractivity contribution in [2.45, 2.75) is 12.6 Å². The largest absolute Gasteiger partial charge is 0.439 e. The molecular weight excluding hydrogens is 283 g/mol. The molecule has 0 radical (unpaired) electrons. The highest BCUT2D eigenvalue weighted by atomic mass is 19.4. The highest BCUT2D eigenvalue weighted by molar-refractivity contribution is 5.32. The molecule has 0 unspecified atom stereocenters. The van der Waals surface area contributed by atoms with E-state index in [0.29, 0.717) is 12.4 Å². The average molecular weight is 297 g/mol. The molecule has 0 aliphatic carbocycles. The van der Waals surface area contributed by atoms with Crippen LogP contribution in [0.3, 0.4) is 0 Å². The van der Waals surface area contributed by atoms with Gasteiger partial charge in [-0.3, -0.25) is 0 Å². The first-order valence-corrected chi connectivity index (χ1v) is 6.28. The predicted octanol–water partition coefficient (Wildman–Crippen LogP) is 4.08. The van der Waals surface area contributed by atoms with E-state index in [9.17, 15) is 13.2 Å². The summed E-state index contributed by atoms with van der Waals surface area (Å²) in [5.74, 6) is 0.345. The molecule has 0 saturated carbocycles. The maximum atomic E-state index is 12.6. The van der Waals surface area contributed by atoms with Crippen LogP contribution in [0, 0.1) is 0 Å². The second kappa shape index (κ2) is 6.58. The summed E-state index contributed by atoms with van der Waals surface area (Å²) in [6, 6.07) is 8.82. The van der Waals surface area contributed by atoms with Crippen LogP contribution in [0.4, 0.5) is 13.2 Å². The summed E-state index contributed by atoms with van der Waals surface area (Å²) in [7, 11) is 1.62. The Kier molecular flexibility index (Phi) is 4.80. The maximum Gasteiger partial charge on any atom is 0.416 e. The molecule has 112 valence electrons. The lowest BCUT2D eigenvalue weighted by Gasteiger charge is -2.09. The molecule has 0 amide bonds. The van der Waals surface area contributed by atoms with E-state index in [1.807, 2.05) is 12.1 Å². The zero-order chi connectivity index (χ0) is 15.3. The lowest BCUT2D eigenvalue weighted by atomic mass is 10.1. The lowest BCUT2D eigenvalue weighted by Crippen LogP contribution is -2.05. The molecule has 0 fully saturated rings. The number of hydrogen-bond donors (Lipinski definition) is 0. The quantitative estimate of drug-likeness (QED) is 0.833. The van der Waals surface area contributed by atoms with Crippen LogP contribution >= 0.6 is 0 Å². The monoisotopic (exact) mass is 297 g/mol. The molecule has 0 aliphatic heterocycles. The van der Waals surface area contributed by atoms with Crippen LogP contribution in [0.25, 0.3) is 0 Å². The first kappa shape index (κ1) is 15.3. The molecule has 1 aromatic heterocycles. The van der Waals surface area contributed by atoms with Gasteiger partial charge in [0.15, 0.2) is 0 Å². The average Bonchev–Trinajstić information content (AvgIpc) is 2.46. The van der Waals surface area contributed by atoms with Crippen molar-refractivity contribution in [2.24, 2.45) is 0 Å². The Morgan fingerprint density at radius 1 is 1.10 bits per heavy atom. The highest BCUT2D eigenvalue weighted by Gasteiger charge is 2.30. The Labute approximate surface area is 120 Å². The van der Waals surface area contributed by atoms with E-state index < -0.39 is 11.7 Å². The van der Waals surface area contributed by atoms with Gasteiger partial charge in [-0.2, -0.15) is 13.2 Å². The normalized spacial score (nSPS) is 11.4. The second-order valence-electron chi connectivity index (χ2n) is 4.37. The molecule has 3 nitrogen and oxygen atoms in total. The summed E-state index contributed by atoms with van der Waals surface area (Å²) in [6.45, 7) is 0.607. The number of hydrogen-bond acceptors (Lipinski definition) is 3. The first-order chi connectivity index (χ1) is 9.99. The number of aromatic nitrogens is 1. The second-order valence-corrected chi connectivity index (χ2v) is 4.37. The van der Waals surface area contributed by atoms with Gasteiger partial charge in [-0.15, -0.1) is 0 Å². The molecule has 0 spiro atoms. The van der Waals surface area contributed by atoms with Gasteiger partial charge < -0.3 is 9.47 Å². The van der Waals surface area contributed by atoms with Crippen molar-refractivity contribution in [1.82, 2.24) is 4.98 Å². The summed E-state index contributed by atoms with van der Waals surface area (Å²) in [4.78, 5) is 3.78. The Balaban J connectivity index is 2.08. The van der Waals surface area contributed by atoms with Gasteiger partial charge in [0.2, 0.25) is 5.88 Å². The van der Waals surface area contributed by atoms with Gasteiger partial charge in [-0.1, -0.05) is 12.1 Å². The SMILES string of the molecule is COCCc1ccc(Oc2cc(C(F)(F)F)ccn2)cc1. The standard InChI is InChI=1S/C15H14F3NO2/c1-20-9-7-11-2-4-13(5-3-11)21-14-10-12(6-8-19-14)15(16,17)18/h2-6,8,10H,7,9H2,1H3. The highest BCUT2D eigenvalue weighted by Crippen LogP contribution is 2.31. The van der Waals surface area contributed by atoms with E-state index in [-0.39, 0.29) is 5.88 Å². The fourth-order valence-corrected chi connectivity index (χ4v) is 1.71. The molecule has 0 aliphatic rings. The van der Waals surface area contributed by atoms with Crippen molar-refractivity contribution in [3.05, 3.63) is 53.7 Å². The lowest BCUT2D eigenvalue weighted by molar-refractivity contribution is -0.137. The third-order valence-electron chi connectivity index (χ3n) is 2.80. The molecule has 1 heterocycles. The van der Waals surface area contributed by atoms with Crippen LogP contribution in [0.2, 0.25) is 0 Å². The van der Waals surface area contributed by atoms with Gasteiger partial charge in [0.1, 0.15) is 5.75 Å². The van der Waals surface area contributed by atoms with Gasteiger partial charge >= 0.3 is 6.18 Å². The Morgan fingerprint density at radius 3 is 2.43 bits per heavy atom. The predicted molar refractivity (Wildman–Crippen MR) is 71.3 cm³/mol. The number of rotatable bonds is 5. The van der Waals surface area contributed by atoms with E-state index in [1.165, 1.54) is 0 Å². The summed E-state index contributed by atoms with van der Waals surface area (Å²) in [6.07, 6.45) is -2.57. The molecule has 0 saturated heterocycles. The van der Waals surface area contributed by atoms with Gasteiger partial charge in [0.25, 0.3) is 0 Å². The summed E-state index contributed by atoms with van der Waals surface area (Å²) in [5, 5.41) is 0. The Hall–Kier alpha value is -2.08. The topological polar surface area (TPSA) is 31.4 Å². The van der Waals surface area contributed by atoms with Gasteiger partial charge in [0, 0.05) is 19.4 Å². The molecular formula is C15H14F3NO2. The maximum absolute atomic E-state index is 12.6. The zero-order valence-corrected chi connectivity index (χ0v) is 11.4. The number of halogens is 3. The van der Waals surface area contributed by atoms with Crippen molar-refractivity contribution in [3.63, 3.8) is 0 Å². The van der Waals surface area contributed by atoms with Crippen LogP contribution in [-0.2, 0) is 17.3 Å². The summed E-state index contributed by atoms with van der Waals surface area (Å²) >= 11 is 0. The minimum absolute atomic E-state index is 0.0885. The molecule has 6 heteroatoms. The molecule has 2 rings (SSSR count). The van der Waals surface area contributed by atoms with Crippen molar-refractivity contribution < 1.29 is 22.6 Å². The molecule has 0 atom stereocenters. The van der Waals surface area contributed by atoms with E-state index in [2.05, 4.69) is 4.98 Å². The van der Waals surface area contributed by atoms with Gasteiger partial charge in [-0.25, -0.2) is 4.98 Å². The number of alkyl halides is 3. The smallest absolute Gasteiger partial charge is 0.416 e. The molecule has 1 aromatic carbocycles. The van der Waals surface area contributed by atoms with Crippen LogP contribution in [0.5, 0.6) is 11.6 Å². The minimum atomic E-state index is -4.41. The van der Waals surface area contributed by atoms with Crippen LogP contribution in [0.1, 0.15) is 11.1 Å². The zero-order valence-electron chi connectivity index (χ0n) is 11.4. The number of nitrogens with zero attached hydrogens (tertiary/aromatic N) is 1. The first-order valence-electron chi connectivity index (χ1n) is 6.28. The number of pyridine rings is 1. The molecule has 2 aromatic rings. The van der Waals surface area contributed by atoms with Crippen molar-refractivity contribution >= 4 is 0 Å². The van der Waals surface area contributed by atoms with Crippen LogP contribution in [-0.4, -0.2) is 18.7 Å². The summed E-state index contributed by atoms with van der Waals surface area (Å²) < 4.78 is 48.0. The third-order valence-corrected chi connectivity index (χ3v) is 2.80. The van der Waals surface area contributed by atoms with E-state index >= 15 is 0 Å². The van der Waals surface area contributed by atoms with Crippen molar-refractivity contribution in [1.29, 1.82) is 0 Å². The Bertz CT molecular complexity index is 582. The summed E-state index contributed by atoms with van der Waals surface area (Å²) in [5.41, 5.74) is 0.269. The number of benzene rings is 1. The number of ether oxygens (including phenoxy) is 2. The van der Waals surface area contributed by atoms with Crippen LogP contribution < -0.4 is 4.74 Å². The van der Waals surface area contributed by atoms with Gasteiger partial charge in [0.05, 0.1) is 12.2 Å². The molecule has 0 N–H and O–H groups in total. The fraction of sp³-hybridized carbons (Fsp3) is 0.267. The molecule has 21 heavy (non-hydrogen) atoms. The van der Waals surface area contributed by atoms with Crippen LogP contribution in [0.15, 0.2) is 42.6 Å². The van der Waals surface area contributed by atoms with E-state index in [0.717, 1.165) is 30.3 Å². The fourth-order valence-electron chi connectivity index (χ4n) is 1.71. The molecule has 0 bridgehead atoms. The minimum Gasteiger partial charge on any atom is -0.439 e. The van der Waals surface area contributed by atoms with E-state index in [4.69, 9.17) is 9.47 Å². The Morgan fingerprint density at radius 2 is 1.81 bits per heavy atom. The van der Waals surface area contributed by atoms with Crippen molar-refractivity contribution in [2.75, 3.05) is 13.7 Å². The van der Waals surface area contributed by atoms with Gasteiger partial charge in [-0.05, 0) is 30.2 Å². The third kappa shape index (κ3) is 4.46. The number of methoxy groups -OCH3 is 1. The van der Waals surface area contributed by atoms with E-state index in [1.54, 1.807) is 19.2 Å².